The van der Waals surface area contributed by atoms with Gasteiger partial charge in [0, 0.05) is 11.1 Å². The fourth-order valence-corrected chi connectivity index (χ4v) is 3.04. The summed E-state index contributed by atoms with van der Waals surface area (Å²) in [5, 5.41) is 22.7. The molecule has 1 heterocycles. The Kier molecular flexibility index (Phi) is 5.48. The Morgan fingerprint density at radius 3 is 2.10 bits per heavy atom. The van der Waals surface area contributed by atoms with Crippen LogP contribution in [0, 0.1) is 6.92 Å². The molecule has 3 aromatic carbocycles. The van der Waals surface area contributed by atoms with E-state index in [1.165, 1.54) is 0 Å². The Hall–Kier alpha value is -4.06. The summed E-state index contributed by atoms with van der Waals surface area (Å²) in [4.78, 5) is 4.68. The lowest BCUT2D eigenvalue weighted by Gasteiger charge is -2.10. The van der Waals surface area contributed by atoms with Crippen molar-refractivity contribution in [1.82, 2.24) is 15.2 Å². The Bertz CT molecular complexity index is 1190. The largest absolute Gasteiger partial charge is 0.508 e. The van der Waals surface area contributed by atoms with Crippen LogP contribution in [0.2, 0.25) is 0 Å². The summed E-state index contributed by atoms with van der Waals surface area (Å²) in [7, 11) is 0. The molecule has 1 aromatic heterocycles. The summed E-state index contributed by atoms with van der Waals surface area (Å²) < 4.78 is 0. The molecule has 4 aromatic rings. The molecule has 0 spiro atoms. The van der Waals surface area contributed by atoms with E-state index in [1.807, 2.05) is 86.6 Å². The first kappa shape index (κ1) is 19.3. The van der Waals surface area contributed by atoms with E-state index in [4.69, 9.17) is 0 Å². The molecule has 0 unspecified atom stereocenters. The average Bonchev–Trinajstić information content (AvgIpc) is 2.80. The highest BCUT2D eigenvalue weighted by Crippen LogP contribution is 2.28. The van der Waals surface area contributed by atoms with Crippen LogP contribution >= 0.6 is 0 Å². The lowest BCUT2D eigenvalue weighted by atomic mass is 10.0. The number of rotatable bonds is 5. The molecule has 148 valence electrons. The second-order valence-electron chi connectivity index (χ2n) is 6.87. The maximum atomic E-state index is 9.71. The van der Waals surface area contributed by atoms with Gasteiger partial charge in [-0.2, -0.15) is 5.10 Å². The number of aromatic hydroxyl groups is 1. The first-order valence-electron chi connectivity index (χ1n) is 9.57. The van der Waals surface area contributed by atoms with Crippen molar-refractivity contribution in [2.45, 2.75) is 13.8 Å². The minimum atomic E-state index is 0.260. The van der Waals surface area contributed by atoms with E-state index in [9.17, 15) is 5.11 Å². The zero-order chi connectivity index (χ0) is 20.9. The molecule has 4 rings (SSSR count). The minimum Gasteiger partial charge on any atom is -0.508 e. The monoisotopic (exact) mass is 395 g/mol. The predicted octanol–water partition coefficient (Wildman–Crippen LogP) is 5.06. The van der Waals surface area contributed by atoms with Crippen LogP contribution in [0.4, 0.5) is 5.95 Å². The second-order valence-corrected chi connectivity index (χ2v) is 6.87. The van der Waals surface area contributed by atoms with Gasteiger partial charge >= 0.3 is 0 Å². The van der Waals surface area contributed by atoms with Gasteiger partial charge in [0.1, 0.15) is 17.1 Å². The minimum absolute atomic E-state index is 0.260. The summed E-state index contributed by atoms with van der Waals surface area (Å²) >= 11 is 0. The molecule has 0 saturated carbocycles. The van der Waals surface area contributed by atoms with E-state index in [1.54, 1.807) is 6.07 Å². The van der Waals surface area contributed by atoms with E-state index >= 15 is 0 Å². The van der Waals surface area contributed by atoms with Gasteiger partial charge in [-0.3, -0.25) is 0 Å². The Balaban J connectivity index is 1.68. The molecule has 0 atom stereocenters. The lowest BCUT2D eigenvalue weighted by Crippen LogP contribution is -2.05. The van der Waals surface area contributed by atoms with Gasteiger partial charge in [0.15, 0.2) is 0 Å². The number of phenolic OH excluding ortho intramolecular Hbond substituents is 1. The van der Waals surface area contributed by atoms with Gasteiger partial charge in [-0.25, -0.2) is 10.4 Å². The normalized spacial score (nSPS) is 11.3. The predicted molar refractivity (Wildman–Crippen MR) is 119 cm³/mol. The number of hydrogen-bond acceptors (Lipinski definition) is 6. The maximum absolute atomic E-state index is 9.71. The maximum Gasteiger partial charge on any atom is 0.263 e. The van der Waals surface area contributed by atoms with Gasteiger partial charge < -0.3 is 5.11 Å². The van der Waals surface area contributed by atoms with Crippen LogP contribution in [-0.4, -0.2) is 26.0 Å². The van der Waals surface area contributed by atoms with Crippen LogP contribution in [0.15, 0.2) is 84.0 Å². The van der Waals surface area contributed by atoms with Crippen molar-refractivity contribution in [1.29, 1.82) is 0 Å². The van der Waals surface area contributed by atoms with E-state index in [2.05, 4.69) is 25.7 Å². The molecule has 0 aliphatic rings. The first-order valence-corrected chi connectivity index (χ1v) is 9.57. The number of phenols is 1. The third kappa shape index (κ3) is 4.17. The highest BCUT2D eigenvalue weighted by atomic mass is 16.3. The number of nitrogens with zero attached hydrogens (tertiary/aromatic N) is 4. The molecule has 2 N–H and O–H groups in total. The van der Waals surface area contributed by atoms with Gasteiger partial charge in [0.2, 0.25) is 0 Å². The summed E-state index contributed by atoms with van der Waals surface area (Å²) in [6.07, 6.45) is 0. The van der Waals surface area contributed by atoms with Crippen LogP contribution in [0.25, 0.3) is 22.5 Å². The summed E-state index contributed by atoms with van der Waals surface area (Å²) in [6.45, 7) is 3.73. The topological polar surface area (TPSA) is 83.3 Å². The van der Waals surface area contributed by atoms with Crippen molar-refractivity contribution >= 4 is 11.7 Å². The average molecular weight is 395 g/mol. The number of anilines is 1. The molecule has 6 nitrogen and oxygen atoms in total. The molecular weight excluding hydrogens is 374 g/mol. The van der Waals surface area contributed by atoms with Crippen molar-refractivity contribution in [3.8, 4) is 28.3 Å². The number of aromatic nitrogens is 3. The Morgan fingerprint density at radius 1 is 0.833 bits per heavy atom. The fraction of sp³-hybridized carbons (Fsp3) is 0.0833. The van der Waals surface area contributed by atoms with Crippen molar-refractivity contribution < 1.29 is 5.11 Å². The molecule has 0 fully saturated rings. The lowest BCUT2D eigenvalue weighted by molar-refractivity contribution is 0.471. The third-order valence-corrected chi connectivity index (χ3v) is 4.72. The van der Waals surface area contributed by atoms with Crippen molar-refractivity contribution in [2.24, 2.45) is 5.10 Å². The van der Waals surface area contributed by atoms with Crippen LogP contribution in [0.5, 0.6) is 5.75 Å². The standard InChI is InChI=1S/C24H21N5O/c1-16-15-20(13-14-21(16)30)17(2)26-28-24-25-22(18-9-5-3-6-10-18)23(27-29-24)19-11-7-4-8-12-19/h3-15,30H,1-2H3,(H,25,28,29)/b26-17+. The summed E-state index contributed by atoms with van der Waals surface area (Å²) in [5.74, 6) is 0.569. The molecule has 0 aliphatic heterocycles. The number of hydrazone groups is 1. The van der Waals surface area contributed by atoms with Crippen molar-refractivity contribution in [3.05, 3.63) is 90.0 Å². The van der Waals surface area contributed by atoms with Crippen LogP contribution in [-0.2, 0) is 0 Å². The van der Waals surface area contributed by atoms with E-state index < -0.39 is 0 Å². The molecular formula is C24H21N5O. The smallest absolute Gasteiger partial charge is 0.263 e. The zero-order valence-electron chi connectivity index (χ0n) is 16.7. The quantitative estimate of drug-likeness (QED) is 0.365. The number of nitrogens with one attached hydrogen (secondary N) is 1. The molecule has 0 amide bonds. The fourth-order valence-electron chi connectivity index (χ4n) is 3.04. The van der Waals surface area contributed by atoms with Crippen molar-refractivity contribution in [2.75, 3.05) is 5.43 Å². The van der Waals surface area contributed by atoms with Gasteiger partial charge in [0.05, 0.1) is 5.71 Å². The number of aryl methyl sites for hydroxylation is 1. The second kappa shape index (κ2) is 8.53. The van der Waals surface area contributed by atoms with Crippen LogP contribution in [0.3, 0.4) is 0 Å². The van der Waals surface area contributed by atoms with Gasteiger partial charge in [-0.1, -0.05) is 60.7 Å². The highest BCUT2D eigenvalue weighted by Gasteiger charge is 2.13. The SMILES string of the molecule is C/C(=N\Nc1nnc(-c2ccccc2)c(-c2ccccc2)n1)c1ccc(O)c(C)c1. The van der Waals surface area contributed by atoms with Crippen molar-refractivity contribution in [3.63, 3.8) is 0 Å². The van der Waals surface area contributed by atoms with E-state index in [-0.39, 0.29) is 5.75 Å². The molecule has 0 saturated heterocycles. The summed E-state index contributed by atoms with van der Waals surface area (Å²) in [6, 6.07) is 25.1. The highest BCUT2D eigenvalue weighted by molar-refractivity contribution is 5.99. The molecule has 0 radical (unpaired) electrons. The van der Waals surface area contributed by atoms with E-state index in [0.29, 0.717) is 11.6 Å². The number of benzene rings is 3. The first-order chi connectivity index (χ1) is 14.6. The summed E-state index contributed by atoms with van der Waals surface area (Å²) in [5.41, 5.74) is 8.67. The Labute approximate surface area is 175 Å². The van der Waals surface area contributed by atoms with Gasteiger partial charge in [-0.15, -0.1) is 10.2 Å². The zero-order valence-corrected chi connectivity index (χ0v) is 16.7. The van der Waals surface area contributed by atoms with Gasteiger partial charge in [0.25, 0.3) is 5.95 Å². The Morgan fingerprint density at radius 2 is 1.47 bits per heavy atom. The molecule has 6 heteroatoms. The molecule has 30 heavy (non-hydrogen) atoms. The third-order valence-electron chi connectivity index (χ3n) is 4.72. The van der Waals surface area contributed by atoms with Gasteiger partial charge in [-0.05, 0) is 43.2 Å². The molecule has 0 aliphatic carbocycles. The van der Waals surface area contributed by atoms with Crippen LogP contribution < -0.4 is 5.43 Å². The van der Waals surface area contributed by atoms with Crippen LogP contribution in [0.1, 0.15) is 18.1 Å². The molecule has 0 bridgehead atoms. The van der Waals surface area contributed by atoms with E-state index in [0.717, 1.165) is 33.7 Å². The number of hydrogen-bond donors (Lipinski definition) is 2.